The molecule has 3 aromatic carbocycles. The predicted molar refractivity (Wildman–Crippen MR) is 214 cm³/mol. The standard InChI is InChI=1S/C44H54N4O4S/c1-8-30(6)41(47-44(51)52-26-37-35-20-14-12-18-33(35)34-19-13-15-21-36(34)37)43(50)48(7)39(29(4)5)22-23-40-46-38(27-53-40)42(49)45-32(24-28(2)3)25-31-16-10-9-11-17-31/h9-21,24,27,29-30,32,37,39,41H,8,22-23,25-26H2,1-7H3,(H,45,49)(H,47,51)/t30-,32+,39+,41-/m0/s1. The topological polar surface area (TPSA) is 101 Å². The maximum Gasteiger partial charge on any atom is 0.407 e. The van der Waals surface area contributed by atoms with Crippen LogP contribution >= 0.6 is 11.3 Å². The Morgan fingerprint density at radius 2 is 1.53 bits per heavy atom. The summed E-state index contributed by atoms with van der Waals surface area (Å²) in [5.74, 6) is -0.356. The van der Waals surface area contributed by atoms with Gasteiger partial charge in [0, 0.05) is 30.8 Å². The van der Waals surface area contributed by atoms with Gasteiger partial charge in [-0.3, -0.25) is 9.59 Å². The second-order valence-electron chi connectivity index (χ2n) is 14.8. The Labute approximate surface area is 319 Å². The van der Waals surface area contributed by atoms with Gasteiger partial charge in [-0.2, -0.15) is 0 Å². The molecule has 8 nitrogen and oxygen atoms in total. The van der Waals surface area contributed by atoms with Gasteiger partial charge in [0.05, 0.1) is 11.0 Å². The first-order valence-corrected chi connectivity index (χ1v) is 19.7. The zero-order chi connectivity index (χ0) is 38.1. The van der Waals surface area contributed by atoms with E-state index in [0.717, 1.165) is 38.4 Å². The third-order valence-electron chi connectivity index (χ3n) is 10.3. The van der Waals surface area contributed by atoms with Gasteiger partial charge < -0.3 is 20.3 Å². The summed E-state index contributed by atoms with van der Waals surface area (Å²) in [4.78, 5) is 47.2. The summed E-state index contributed by atoms with van der Waals surface area (Å²) in [6.45, 7) is 12.4. The smallest absolute Gasteiger partial charge is 0.407 e. The van der Waals surface area contributed by atoms with E-state index in [2.05, 4.69) is 67.0 Å². The third-order valence-corrected chi connectivity index (χ3v) is 11.2. The largest absolute Gasteiger partial charge is 0.449 e. The Bertz CT molecular complexity index is 1840. The zero-order valence-electron chi connectivity index (χ0n) is 32.1. The molecule has 0 bridgehead atoms. The third kappa shape index (κ3) is 10.0. The van der Waals surface area contributed by atoms with E-state index >= 15 is 0 Å². The maximum atomic E-state index is 14.1. The SMILES string of the molecule is CC[C@H](C)[C@H](NC(=O)OCC1c2ccccc2-c2ccccc21)C(=O)N(C)[C@H](CCc1nc(C(=O)N[C@H](C=C(C)C)Cc2ccccc2)cs1)C(C)C. The van der Waals surface area contributed by atoms with Crippen molar-refractivity contribution in [3.05, 3.63) is 123 Å². The van der Waals surface area contributed by atoms with Gasteiger partial charge in [-0.15, -0.1) is 11.3 Å². The van der Waals surface area contributed by atoms with E-state index in [0.29, 0.717) is 31.4 Å². The summed E-state index contributed by atoms with van der Waals surface area (Å²) in [6, 6.07) is 25.6. The minimum atomic E-state index is -0.735. The van der Waals surface area contributed by atoms with Gasteiger partial charge >= 0.3 is 6.09 Å². The van der Waals surface area contributed by atoms with Crippen molar-refractivity contribution in [2.24, 2.45) is 11.8 Å². The Morgan fingerprint density at radius 1 is 0.906 bits per heavy atom. The molecule has 53 heavy (non-hydrogen) atoms. The van der Waals surface area contributed by atoms with E-state index in [1.54, 1.807) is 4.90 Å². The quantitative estimate of drug-likeness (QED) is 0.112. The molecular weight excluding hydrogens is 681 g/mol. The number of thiazole rings is 1. The van der Waals surface area contributed by atoms with Gasteiger partial charge in [0.15, 0.2) is 0 Å². The summed E-state index contributed by atoms with van der Waals surface area (Å²) < 4.78 is 5.84. The number of hydrogen-bond donors (Lipinski definition) is 2. The lowest BCUT2D eigenvalue weighted by molar-refractivity contribution is -0.136. The Kier molecular flexibility index (Phi) is 13.6. The zero-order valence-corrected chi connectivity index (χ0v) is 32.9. The van der Waals surface area contributed by atoms with Crippen LogP contribution in [-0.2, 0) is 22.4 Å². The molecule has 0 radical (unpaired) electrons. The summed E-state index contributed by atoms with van der Waals surface area (Å²) in [5, 5.41) is 8.74. The first-order valence-electron chi connectivity index (χ1n) is 18.8. The fourth-order valence-corrected chi connectivity index (χ4v) is 8.07. The monoisotopic (exact) mass is 734 g/mol. The molecule has 3 amide bonds. The number of aryl methyl sites for hydroxylation is 1. The summed E-state index contributed by atoms with van der Waals surface area (Å²) in [6.07, 6.45) is 4.18. The van der Waals surface area contributed by atoms with Crippen molar-refractivity contribution in [1.82, 2.24) is 20.5 Å². The molecule has 1 aromatic heterocycles. The number of rotatable bonds is 16. The number of carbonyl (C=O) groups is 3. The highest BCUT2D eigenvalue weighted by Gasteiger charge is 2.34. The predicted octanol–water partition coefficient (Wildman–Crippen LogP) is 8.82. The number of alkyl carbamates (subject to hydrolysis) is 1. The van der Waals surface area contributed by atoms with Crippen LogP contribution in [0.1, 0.15) is 92.5 Å². The van der Waals surface area contributed by atoms with E-state index in [9.17, 15) is 14.4 Å². The highest BCUT2D eigenvalue weighted by molar-refractivity contribution is 7.09. The lowest BCUT2D eigenvalue weighted by atomic mass is 9.94. The average molecular weight is 735 g/mol. The fraction of sp³-hybridized carbons (Fsp3) is 0.409. The lowest BCUT2D eigenvalue weighted by Gasteiger charge is -2.35. The van der Waals surface area contributed by atoms with Crippen molar-refractivity contribution < 1.29 is 19.1 Å². The van der Waals surface area contributed by atoms with Crippen molar-refractivity contribution in [2.45, 2.75) is 91.3 Å². The number of carbonyl (C=O) groups excluding carboxylic acids is 3. The molecule has 2 N–H and O–H groups in total. The molecule has 4 atom stereocenters. The van der Waals surface area contributed by atoms with Gasteiger partial charge in [-0.05, 0) is 66.3 Å². The van der Waals surface area contributed by atoms with Crippen molar-refractivity contribution in [2.75, 3.05) is 13.7 Å². The van der Waals surface area contributed by atoms with Crippen LogP contribution in [0.2, 0.25) is 0 Å². The van der Waals surface area contributed by atoms with Crippen LogP contribution < -0.4 is 10.6 Å². The summed E-state index contributed by atoms with van der Waals surface area (Å²) in [5.41, 5.74) is 7.29. The number of fused-ring (bicyclic) bond motifs is 3. The maximum absolute atomic E-state index is 14.1. The number of allylic oxidation sites excluding steroid dienone is 1. The molecule has 9 heteroatoms. The van der Waals surface area contributed by atoms with Crippen molar-refractivity contribution in [3.63, 3.8) is 0 Å². The second-order valence-corrected chi connectivity index (χ2v) is 15.7. The van der Waals surface area contributed by atoms with E-state index in [4.69, 9.17) is 9.72 Å². The van der Waals surface area contributed by atoms with Crippen LogP contribution in [0, 0.1) is 11.8 Å². The number of benzene rings is 3. The van der Waals surface area contributed by atoms with Crippen LogP contribution in [0.4, 0.5) is 4.79 Å². The first-order chi connectivity index (χ1) is 25.5. The van der Waals surface area contributed by atoms with Crippen LogP contribution in [0.3, 0.4) is 0 Å². The number of hydrogen-bond acceptors (Lipinski definition) is 6. The fourth-order valence-electron chi connectivity index (χ4n) is 7.27. The molecule has 1 aliphatic rings. The van der Waals surface area contributed by atoms with Crippen LogP contribution in [0.15, 0.2) is 95.9 Å². The number of aromatic nitrogens is 1. The molecule has 280 valence electrons. The van der Waals surface area contributed by atoms with Gasteiger partial charge in [-0.25, -0.2) is 9.78 Å². The van der Waals surface area contributed by atoms with E-state index in [1.165, 1.54) is 11.3 Å². The minimum absolute atomic E-state index is 0.0653. The van der Waals surface area contributed by atoms with Crippen LogP contribution in [0.25, 0.3) is 11.1 Å². The number of amides is 3. The van der Waals surface area contributed by atoms with Gasteiger partial charge in [0.25, 0.3) is 5.91 Å². The Morgan fingerprint density at radius 3 is 2.13 bits per heavy atom. The number of nitrogens with zero attached hydrogens (tertiary/aromatic N) is 2. The van der Waals surface area contributed by atoms with Crippen LogP contribution in [-0.4, -0.2) is 59.6 Å². The molecule has 0 unspecified atom stereocenters. The molecule has 1 aliphatic carbocycles. The highest BCUT2D eigenvalue weighted by Crippen LogP contribution is 2.44. The van der Waals surface area contributed by atoms with Gasteiger partial charge in [0.1, 0.15) is 18.3 Å². The average Bonchev–Trinajstić information content (AvgIpc) is 3.75. The van der Waals surface area contributed by atoms with E-state index < -0.39 is 12.1 Å². The molecule has 0 saturated carbocycles. The summed E-state index contributed by atoms with van der Waals surface area (Å²) in [7, 11) is 1.82. The highest BCUT2D eigenvalue weighted by atomic mass is 32.1. The normalized spacial score (nSPS) is 14.3. The second kappa shape index (κ2) is 18.3. The lowest BCUT2D eigenvalue weighted by Crippen LogP contribution is -2.54. The van der Waals surface area contributed by atoms with Crippen molar-refractivity contribution >= 4 is 29.2 Å². The van der Waals surface area contributed by atoms with E-state index in [1.807, 2.05) is 82.6 Å². The Hall–Kier alpha value is -4.76. The van der Waals surface area contributed by atoms with E-state index in [-0.39, 0.29) is 48.3 Å². The number of ether oxygens (including phenoxy) is 1. The van der Waals surface area contributed by atoms with Crippen LogP contribution in [0.5, 0.6) is 0 Å². The molecule has 0 saturated heterocycles. The molecule has 4 aromatic rings. The van der Waals surface area contributed by atoms with Gasteiger partial charge in [0.2, 0.25) is 5.91 Å². The number of likely N-dealkylation sites (N-methyl/N-ethyl adjacent to an activating group) is 1. The molecule has 0 spiro atoms. The molecule has 0 aliphatic heterocycles. The number of nitrogens with one attached hydrogen (secondary N) is 2. The first kappa shape index (κ1) is 39.4. The van der Waals surface area contributed by atoms with Crippen molar-refractivity contribution in [3.8, 4) is 11.1 Å². The molecular formula is C44H54N4O4S. The molecule has 1 heterocycles. The summed E-state index contributed by atoms with van der Waals surface area (Å²) >= 11 is 1.46. The molecule has 0 fully saturated rings. The Balaban J connectivity index is 1.19. The molecule has 5 rings (SSSR count). The minimum Gasteiger partial charge on any atom is -0.449 e. The van der Waals surface area contributed by atoms with Crippen molar-refractivity contribution in [1.29, 1.82) is 0 Å². The van der Waals surface area contributed by atoms with Gasteiger partial charge in [-0.1, -0.05) is 125 Å².